The van der Waals surface area contributed by atoms with Crippen LogP contribution in [0.3, 0.4) is 0 Å². The van der Waals surface area contributed by atoms with Crippen molar-refractivity contribution in [2.75, 3.05) is 19.0 Å². The summed E-state index contributed by atoms with van der Waals surface area (Å²) in [5.74, 6) is -1.27. The second-order valence-corrected chi connectivity index (χ2v) is 5.16. The van der Waals surface area contributed by atoms with E-state index in [1.807, 2.05) is 30.3 Å². The second kappa shape index (κ2) is 6.81. The molecule has 1 atom stereocenters. The molecule has 0 bridgehead atoms. The standard InChI is InChI=1S/C15H14BrF2NO/c1-20-9-14(10-5-3-2-4-6-10)19-15-12(16)7-11(17)8-13(15)18/h2-8,14,19H,9H2,1H3. The molecule has 0 aliphatic carbocycles. The van der Waals surface area contributed by atoms with Crippen molar-refractivity contribution in [1.29, 1.82) is 0 Å². The van der Waals surface area contributed by atoms with Gasteiger partial charge >= 0.3 is 0 Å². The van der Waals surface area contributed by atoms with Gasteiger partial charge in [0.2, 0.25) is 0 Å². The molecule has 1 unspecified atom stereocenters. The minimum Gasteiger partial charge on any atom is -0.382 e. The van der Waals surface area contributed by atoms with Crippen LogP contribution in [0.4, 0.5) is 14.5 Å². The lowest BCUT2D eigenvalue weighted by molar-refractivity contribution is 0.186. The molecule has 0 saturated heterocycles. The van der Waals surface area contributed by atoms with Gasteiger partial charge in [-0.25, -0.2) is 8.78 Å². The van der Waals surface area contributed by atoms with Gasteiger partial charge in [-0.15, -0.1) is 0 Å². The Bertz CT molecular complexity index is 554. The largest absolute Gasteiger partial charge is 0.382 e. The number of halogens is 3. The predicted octanol–water partition coefficient (Wildman–Crippen LogP) is 4.53. The Kier molecular flexibility index (Phi) is 5.09. The van der Waals surface area contributed by atoms with Gasteiger partial charge in [-0.3, -0.25) is 0 Å². The van der Waals surface area contributed by atoms with Crippen molar-refractivity contribution >= 4 is 21.6 Å². The molecule has 0 aliphatic rings. The molecule has 0 aliphatic heterocycles. The fraction of sp³-hybridized carbons (Fsp3) is 0.200. The normalized spacial score (nSPS) is 12.2. The fourth-order valence-electron chi connectivity index (χ4n) is 1.93. The topological polar surface area (TPSA) is 21.3 Å². The predicted molar refractivity (Wildman–Crippen MR) is 78.7 cm³/mol. The van der Waals surface area contributed by atoms with Crippen LogP contribution >= 0.6 is 15.9 Å². The van der Waals surface area contributed by atoms with E-state index in [2.05, 4.69) is 21.2 Å². The van der Waals surface area contributed by atoms with Crippen molar-refractivity contribution in [1.82, 2.24) is 0 Å². The summed E-state index contributed by atoms with van der Waals surface area (Å²) in [5, 5.41) is 3.05. The molecule has 5 heteroatoms. The molecule has 0 heterocycles. The van der Waals surface area contributed by atoms with Gasteiger partial charge in [-0.05, 0) is 27.6 Å². The van der Waals surface area contributed by atoms with Crippen LogP contribution in [0, 0.1) is 11.6 Å². The quantitative estimate of drug-likeness (QED) is 0.862. The van der Waals surface area contributed by atoms with Gasteiger partial charge in [0.25, 0.3) is 0 Å². The highest BCUT2D eigenvalue weighted by molar-refractivity contribution is 9.10. The molecule has 1 N–H and O–H groups in total. The highest BCUT2D eigenvalue weighted by atomic mass is 79.9. The van der Waals surface area contributed by atoms with Crippen LogP contribution in [0.5, 0.6) is 0 Å². The lowest BCUT2D eigenvalue weighted by Crippen LogP contribution is -2.17. The molecule has 0 fully saturated rings. The maximum Gasteiger partial charge on any atom is 0.150 e. The van der Waals surface area contributed by atoms with Gasteiger partial charge in [-0.1, -0.05) is 30.3 Å². The number of anilines is 1. The molecule has 0 amide bonds. The third-order valence-corrected chi connectivity index (χ3v) is 3.49. The van der Waals surface area contributed by atoms with Crippen molar-refractivity contribution in [2.24, 2.45) is 0 Å². The van der Waals surface area contributed by atoms with Crippen molar-refractivity contribution < 1.29 is 13.5 Å². The second-order valence-electron chi connectivity index (χ2n) is 4.31. The van der Waals surface area contributed by atoms with Crippen molar-refractivity contribution in [2.45, 2.75) is 6.04 Å². The number of nitrogens with one attached hydrogen (secondary N) is 1. The number of hydrogen-bond donors (Lipinski definition) is 1. The lowest BCUT2D eigenvalue weighted by Gasteiger charge is -2.21. The summed E-state index contributed by atoms with van der Waals surface area (Å²) >= 11 is 3.17. The summed E-state index contributed by atoms with van der Waals surface area (Å²) in [6.07, 6.45) is 0. The van der Waals surface area contributed by atoms with Gasteiger partial charge < -0.3 is 10.1 Å². The van der Waals surface area contributed by atoms with Gasteiger partial charge in [0.15, 0.2) is 0 Å². The van der Waals surface area contributed by atoms with Gasteiger partial charge in [0, 0.05) is 17.6 Å². The number of benzene rings is 2. The molecule has 2 aromatic rings. The molecule has 0 radical (unpaired) electrons. The zero-order valence-electron chi connectivity index (χ0n) is 10.9. The number of hydrogen-bond acceptors (Lipinski definition) is 2. The fourth-order valence-corrected chi connectivity index (χ4v) is 2.45. The summed E-state index contributed by atoms with van der Waals surface area (Å²) < 4.78 is 32.4. The Balaban J connectivity index is 2.30. The maximum atomic E-state index is 13.9. The monoisotopic (exact) mass is 341 g/mol. The number of rotatable bonds is 5. The van der Waals surface area contributed by atoms with Gasteiger partial charge in [0.05, 0.1) is 18.3 Å². The van der Waals surface area contributed by atoms with E-state index in [4.69, 9.17) is 4.74 Å². The van der Waals surface area contributed by atoms with E-state index < -0.39 is 11.6 Å². The summed E-state index contributed by atoms with van der Waals surface area (Å²) in [4.78, 5) is 0. The third-order valence-electron chi connectivity index (χ3n) is 2.86. The first-order chi connectivity index (χ1) is 9.61. The van der Waals surface area contributed by atoms with Gasteiger partial charge in [0.1, 0.15) is 11.6 Å². The van der Waals surface area contributed by atoms with Crippen LogP contribution < -0.4 is 5.32 Å². The zero-order valence-corrected chi connectivity index (χ0v) is 12.5. The van der Waals surface area contributed by atoms with E-state index in [-0.39, 0.29) is 11.7 Å². The smallest absolute Gasteiger partial charge is 0.150 e. The maximum absolute atomic E-state index is 13.9. The molecular formula is C15H14BrF2NO. The van der Waals surface area contributed by atoms with Crippen LogP contribution in [0.15, 0.2) is 46.9 Å². The first kappa shape index (κ1) is 14.9. The van der Waals surface area contributed by atoms with Crippen molar-refractivity contribution in [3.63, 3.8) is 0 Å². The Morgan fingerprint density at radius 2 is 1.90 bits per heavy atom. The highest BCUT2D eigenvalue weighted by Crippen LogP contribution is 2.30. The Hall–Kier alpha value is -1.46. The Labute approximate surface area is 124 Å². The summed E-state index contributed by atoms with van der Waals surface area (Å²) in [7, 11) is 1.58. The Morgan fingerprint density at radius 3 is 2.50 bits per heavy atom. The molecular weight excluding hydrogens is 328 g/mol. The van der Waals surface area contributed by atoms with Crippen LogP contribution in [0.1, 0.15) is 11.6 Å². The number of methoxy groups -OCH3 is 1. The highest BCUT2D eigenvalue weighted by Gasteiger charge is 2.16. The van der Waals surface area contributed by atoms with E-state index in [1.54, 1.807) is 7.11 Å². The van der Waals surface area contributed by atoms with Crippen molar-refractivity contribution in [3.05, 3.63) is 64.1 Å². The first-order valence-corrected chi connectivity index (χ1v) is 6.86. The summed E-state index contributed by atoms with van der Waals surface area (Å²) in [5.41, 5.74) is 1.18. The lowest BCUT2D eigenvalue weighted by atomic mass is 10.1. The van der Waals surface area contributed by atoms with E-state index in [0.29, 0.717) is 11.1 Å². The first-order valence-electron chi connectivity index (χ1n) is 6.06. The van der Waals surface area contributed by atoms with Crippen LogP contribution in [0.2, 0.25) is 0 Å². The Morgan fingerprint density at radius 1 is 1.20 bits per heavy atom. The average molecular weight is 342 g/mol. The zero-order chi connectivity index (χ0) is 14.5. The minimum absolute atomic E-state index is 0.220. The molecule has 2 rings (SSSR count). The molecule has 0 aromatic heterocycles. The number of ether oxygens (including phenoxy) is 1. The van der Waals surface area contributed by atoms with Crippen molar-refractivity contribution in [3.8, 4) is 0 Å². The molecule has 0 saturated carbocycles. The molecule has 0 spiro atoms. The van der Waals surface area contributed by atoms with E-state index >= 15 is 0 Å². The average Bonchev–Trinajstić information content (AvgIpc) is 2.42. The van der Waals surface area contributed by atoms with Crippen LogP contribution in [-0.4, -0.2) is 13.7 Å². The molecule has 2 aromatic carbocycles. The SMILES string of the molecule is COCC(Nc1c(F)cc(F)cc1Br)c1ccccc1. The molecule has 20 heavy (non-hydrogen) atoms. The molecule has 2 nitrogen and oxygen atoms in total. The van der Waals surface area contributed by atoms with Crippen LogP contribution in [-0.2, 0) is 4.74 Å². The minimum atomic E-state index is -0.645. The summed E-state index contributed by atoms with van der Waals surface area (Å²) in [6, 6.07) is 11.4. The third kappa shape index (κ3) is 3.55. The molecule has 106 valence electrons. The van der Waals surface area contributed by atoms with E-state index in [1.165, 1.54) is 6.07 Å². The van der Waals surface area contributed by atoms with E-state index in [9.17, 15) is 8.78 Å². The van der Waals surface area contributed by atoms with Gasteiger partial charge in [-0.2, -0.15) is 0 Å². The van der Waals surface area contributed by atoms with E-state index in [0.717, 1.165) is 11.6 Å². The van der Waals surface area contributed by atoms with Crippen LogP contribution in [0.25, 0.3) is 0 Å². The summed E-state index contributed by atoms with van der Waals surface area (Å²) in [6.45, 7) is 0.368.